The number of rotatable bonds is 6. The first-order valence-corrected chi connectivity index (χ1v) is 9.45. The summed E-state index contributed by atoms with van der Waals surface area (Å²) in [6.45, 7) is 0. The van der Waals surface area contributed by atoms with Crippen LogP contribution in [0.25, 0.3) is 0 Å². The molecule has 0 aliphatic rings. The van der Waals surface area contributed by atoms with E-state index < -0.39 is 16.8 Å². The normalized spacial score (nSPS) is 10.6. The summed E-state index contributed by atoms with van der Waals surface area (Å²) in [5.74, 6) is -1.02. The molecule has 3 rings (SSSR count). The van der Waals surface area contributed by atoms with Crippen molar-refractivity contribution in [1.29, 1.82) is 0 Å². The van der Waals surface area contributed by atoms with E-state index in [0.717, 1.165) is 0 Å². The van der Waals surface area contributed by atoms with Gasteiger partial charge in [0.1, 0.15) is 11.3 Å². The average molecular weight is 458 g/mol. The molecule has 0 saturated heterocycles. The van der Waals surface area contributed by atoms with E-state index >= 15 is 0 Å². The highest BCUT2D eigenvalue weighted by atomic mass is 35.5. The van der Waals surface area contributed by atoms with Crippen LogP contribution in [0.1, 0.15) is 26.3 Å². The SMILES string of the molecule is O=C(Oc1ccc(/C=N\NC(=O)c2ccccc2[N+](=O)[O-])cc1)c1ccc(Cl)c(Cl)c1. The highest BCUT2D eigenvalue weighted by molar-refractivity contribution is 6.42. The molecule has 0 aliphatic heterocycles. The number of para-hydroxylation sites is 1. The number of benzene rings is 3. The van der Waals surface area contributed by atoms with Crippen LogP contribution in [0.2, 0.25) is 10.0 Å². The lowest BCUT2D eigenvalue weighted by Gasteiger charge is -2.05. The number of carbonyl (C=O) groups is 2. The van der Waals surface area contributed by atoms with Gasteiger partial charge in [-0.3, -0.25) is 14.9 Å². The Hall–Kier alpha value is -3.75. The van der Waals surface area contributed by atoms with Gasteiger partial charge in [-0.2, -0.15) is 5.10 Å². The van der Waals surface area contributed by atoms with Gasteiger partial charge in [-0.1, -0.05) is 35.3 Å². The second-order valence-electron chi connectivity index (χ2n) is 6.06. The van der Waals surface area contributed by atoms with Crippen LogP contribution in [0.4, 0.5) is 5.69 Å². The molecule has 0 radical (unpaired) electrons. The third kappa shape index (κ3) is 5.65. The molecule has 0 heterocycles. The fourth-order valence-electron chi connectivity index (χ4n) is 2.46. The van der Waals surface area contributed by atoms with Gasteiger partial charge in [0.15, 0.2) is 0 Å². The van der Waals surface area contributed by atoms with E-state index in [1.54, 1.807) is 24.3 Å². The van der Waals surface area contributed by atoms with Gasteiger partial charge in [0.05, 0.1) is 26.7 Å². The Morgan fingerprint density at radius 1 is 1.00 bits per heavy atom. The molecule has 0 unspecified atom stereocenters. The van der Waals surface area contributed by atoms with Crippen molar-refractivity contribution in [2.75, 3.05) is 0 Å². The molecule has 0 spiro atoms. The van der Waals surface area contributed by atoms with Gasteiger partial charge in [0, 0.05) is 6.07 Å². The minimum Gasteiger partial charge on any atom is -0.423 e. The monoisotopic (exact) mass is 457 g/mol. The van der Waals surface area contributed by atoms with Crippen molar-refractivity contribution < 1.29 is 19.2 Å². The molecule has 3 aromatic rings. The van der Waals surface area contributed by atoms with Crippen LogP contribution in [-0.4, -0.2) is 23.0 Å². The predicted octanol–water partition coefficient (Wildman–Crippen LogP) is 4.88. The van der Waals surface area contributed by atoms with Gasteiger partial charge < -0.3 is 4.74 Å². The molecule has 0 atom stereocenters. The zero-order valence-corrected chi connectivity index (χ0v) is 17.1. The molecule has 0 aliphatic carbocycles. The van der Waals surface area contributed by atoms with Gasteiger partial charge in [0.25, 0.3) is 11.6 Å². The Kier molecular flexibility index (Phi) is 6.96. The van der Waals surface area contributed by atoms with Gasteiger partial charge >= 0.3 is 5.97 Å². The highest BCUT2D eigenvalue weighted by Crippen LogP contribution is 2.23. The van der Waals surface area contributed by atoms with Crippen molar-refractivity contribution in [3.05, 3.63) is 104 Å². The predicted molar refractivity (Wildman–Crippen MR) is 116 cm³/mol. The van der Waals surface area contributed by atoms with Crippen molar-refractivity contribution >= 4 is 47.0 Å². The van der Waals surface area contributed by atoms with Crippen LogP contribution < -0.4 is 10.2 Å². The molecule has 8 nitrogen and oxygen atoms in total. The van der Waals surface area contributed by atoms with Crippen molar-refractivity contribution in [2.45, 2.75) is 0 Å². The Morgan fingerprint density at radius 2 is 1.71 bits per heavy atom. The number of nitrogens with one attached hydrogen (secondary N) is 1. The number of esters is 1. The Morgan fingerprint density at radius 3 is 2.39 bits per heavy atom. The van der Waals surface area contributed by atoms with Gasteiger partial charge in [-0.05, 0) is 54.1 Å². The summed E-state index contributed by atoms with van der Waals surface area (Å²) in [5.41, 5.74) is 2.66. The smallest absolute Gasteiger partial charge is 0.343 e. The zero-order valence-electron chi connectivity index (χ0n) is 15.6. The van der Waals surface area contributed by atoms with Crippen LogP contribution in [0, 0.1) is 10.1 Å². The van der Waals surface area contributed by atoms with E-state index in [2.05, 4.69) is 10.5 Å². The van der Waals surface area contributed by atoms with Crippen LogP contribution in [0.3, 0.4) is 0 Å². The molecule has 0 fully saturated rings. The summed E-state index contributed by atoms with van der Waals surface area (Å²) >= 11 is 11.7. The number of hydrazone groups is 1. The Labute approximate surface area is 186 Å². The van der Waals surface area contributed by atoms with Crippen LogP contribution in [0.5, 0.6) is 5.75 Å². The zero-order chi connectivity index (χ0) is 22.4. The van der Waals surface area contributed by atoms with Crippen LogP contribution in [0.15, 0.2) is 71.8 Å². The van der Waals surface area contributed by atoms with E-state index in [1.807, 2.05) is 0 Å². The van der Waals surface area contributed by atoms with Gasteiger partial charge in [0.2, 0.25) is 0 Å². The summed E-state index contributed by atoms with van der Waals surface area (Å²) in [6.07, 6.45) is 1.34. The molecule has 1 amide bonds. The molecule has 10 heteroatoms. The van der Waals surface area contributed by atoms with E-state index in [1.165, 1.54) is 48.7 Å². The summed E-state index contributed by atoms with van der Waals surface area (Å²) in [6, 6.07) is 16.3. The Bertz CT molecular complexity index is 1180. The van der Waals surface area contributed by atoms with Crippen molar-refractivity contribution in [3.63, 3.8) is 0 Å². The molecule has 31 heavy (non-hydrogen) atoms. The number of hydrogen-bond acceptors (Lipinski definition) is 6. The molecule has 0 saturated carbocycles. The lowest BCUT2D eigenvalue weighted by molar-refractivity contribution is -0.385. The number of ether oxygens (including phenoxy) is 1. The van der Waals surface area contributed by atoms with Crippen LogP contribution >= 0.6 is 23.2 Å². The number of hydrogen-bond donors (Lipinski definition) is 1. The third-order valence-electron chi connectivity index (χ3n) is 3.97. The number of carbonyl (C=O) groups excluding carboxylic acids is 2. The van der Waals surface area contributed by atoms with Crippen molar-refractivity contribution in [3.8, 4) is 5.75 Å². The standard InChI is InChI=1S/C21H13Cl2N3O5/c22-17-10-7-14(11-18(17)23)21(28)31-15-8-5-13(6-9-15)12-24-25-20(27)16-3-1-2-4-19(16)26(29)30/h1-12H,(H,25,27)/b24-12-. The van der Waals surface area contributed by atoms with Gasteiger partial charge in [-0.15, -0.1) is 0 Å². The van der Waals surface area contributed by atoms with Gasteiger partial charge in [-0.25, -0.2) is 10.2 Å². The average Bonchev–Trinajstić information content (AvgIpc) is 2.76. The highest BCUT2D eigenvalue weighted by Gasteiger charge is 2.18. The summed E-state index contributed by atoms with van der Waals surface area (Å²) in [5, 5.41) is 15.4. The fourth-order valence-corrected chi connectivity index (χ4v) is 2.76. The number of nitrogens with zero attached hydrogens (tertiary/aromatic N) is 2. The summed E-state index contributed by atoms with van der Waals surface area (Å²) in [7, 11) is 0. The minimum absolute atomic E-state index is 0.103. The maximum atomic E-state index is 12.2. The first-order valence-electron chi connectivity index (χ1n) is 8.69. The largest absolute Gasteiger partial charge is 0.423 e. The molecule has 3 aromatic carbocycles. The third-order valence-corrected chi connectivity index (χ3v) is 4.71. The number of amides is 1. The van der Waals surface area contributed by atoms with E-state index in [-0.39, 0.29) is 27.6 Å². The second-order valence-corrected chi connectivity index (χ2v) is 6.88. The quantitative estimate of drug-likeness (QED) is 0.186. The summed E-state index contributed by atoms with van der Waals surface area (Å²) < 4.78 is 5.27. The second kappa shape index (κ2) is 9.84. The molecule has 0 bridgehead atoms. The number of nitro benzene ring substituents is 1. The number of halogens is 2. The van der Waals surface area contributed by atoms with E-state index in [0.29, 0.717) is 10.6 Å². The van der Waals surface area contributed by atoms with Crippen molar-refractivity contribution in [2.24, 2.45) is 5.10 Å². The molecule has 156 valence electrons. The topological polar surface area (TPSA) is 111 Å². The van der Waals surface area contributed by atoms with E-state index in [9.17, 15) is 19.7 Å². The molecular weight excluding hydrogens is 445 g/mol. The molecule has 0 aromatic heterocycles. The van der Waals surface area contributed by atoms with E-state index in [4.69, 9.17) is 27.9 Å². The first kappa shape index (κ1) is 21.9. The minimum atomic E-state index is -0.712. The van der Waals surface area contributed by atoms with Crippen molar-refractivity contribution in [1.82, 2.24) is 5.43 Å². The fraction of sp³-hybridized carbons (Fsp3) is 0. The summed E-state index contributed by atoms with van der Waals surface area (Å²) in [4.78, 5) is 34.6. The Balaban J connectivity index is 1.61. The molecule has 1 N–H and O–H groups in total. The first-order chi connectivity index (χ1) is 14.8. The number of nitro groups is 1. The molecular formula is C21H13Cl2N3O5. The van der Waals surface area contributed by atoms with Crippen LogP contribution in [-0.2, 0) is 0 Å². The lowest BCUT2D eigenvalue weighted by Crippen LogP contribution is -2.18. The maximum Gasteiger partial charge on any atom is 0.343 e. The lowest BCUT2D eigenvalue weighted by atomic mass is 10.2. The maximum absolute atomic E-state index is 12.2.